The summed E-state index contributed by atoms with van der Waals surface area (Å²) in [6.07, 6.45) is 9.21. The van der Waals surface area contributed by atoms with E-state index >= 15 is 0 Å². The number of hydrogen-bond acceptors (Lipinski definition) is 8. The summed E-state index contributed by atoms with van der Waals surface area (Å²) in [6.45, 7) is 15.2. The lowest BCUT2D eigenvalue weighted by molar-refractivity contribution is -0.438. The molecular weight excluding hydrogens is 883 g/mol. The summed E-state index contributed by atoms with van der Waals surface area (Å²) >= 11 is 0. The number of carbonyl (C=O) groups excluding carboxylic acids is 1. The van der Waals surface area contributed by atoms with Gasteiger partial charge in [-0.2, -0.15) is 13.0 Å². The van der Waals surface area contributed by atoms with Crippen molar-refractivity contribution in [2.45, 2.75) is 90.6 Å². The predicted octanol–water partition coefficient (Wildman–Crippen LogP) is 10.9. The van der Waals surface area contributed by atoms with Gasteiger partial charge in [0.2, 0.25) is 5.69 Å². The third-order valence-electron chi connectivity index (χ3n) is 13.1. The first kappa shape index (κ1) is 47.6. The number of fused-ring (bicyclic) bond motifs is 7. The maximum atomic E-state index is 13.9. The fourth-order valence-electron chi connectivity index (χ4n) is 10.2. The smallest absolute Gasteiger partial charge is 0.412 e. The Labute approximate surface area is 394 Å². The number of nitrogens with zero attached hydrogens (tertiary/aromatic N) is 2. The monoisotopic (exact) mass is 941 g/mol. The van der Waals surface area contributed by atoms with E-state index in [1.54, 1.807) is 0 Å². The van der Waals surface area contributed by atoms with Crippen LogP contribution in [-0.4, -0.2) is 72.5 Å². The zero-order valence-corrected chi connectivity index (χ0v) is 40.9. The highest BCUT2D eigenvalue weighted by atomic mass is 32.2. The van der Waals surface area contributed by atoms with Gasteiger partial charge in [0.1, 0.15) is 12.1 Å². The average molecular weight is 942 g/mol. The van der Waals surface area contributed by atoms with E-state index < -0.39 is 48.5 Å². The van der Waals surface area contributed by atoms with Crippen LogP contribution in [-0.2, 0) is 35.8 Å². The van der Waals surface area contributed by atoms with Crippen LogP contribution < -0.4 is 10.2 Å². The Hall–Kier alpha value is -5.86. The molecule has 0 spiro atoms. The second-order valence-corrected chi connectivity index (χ2v) is 22.8. The number of benzene rings is 5. The summed E-state index contributed by atoms with van der Waals surface area (Å²) in [6, 6.07) is 33.0. The molecule has 0 atom stereocenters. The minimum atomic E-state index is -4.36. The molecule has 5 aromatic rings. The van der Waals surface area contributed by atoms with Crippen molar-refractivity contribution in [2.75, 3.05) is 29.5 Å². The van der Waals surface area contributed by atoms with Crippen molar-refractivity contribution in [1.82, 2.24) is 5.32 Å². The maximum Gasteiger partial charge on any atom is 0.412 e. The van der Waals surface area contributed by atoms with Crippen molar-refractivity contribution in [3.63, 3.8) is 0 Å². The first-order valence-electron chi connectivity index (χ1n) is 22.9. The lowest BCUT2D eigenvalue weighted by Gasteiger charge is -2.27. The molecule has 3 aliphatic rings. The number of allylic oxidation sites excluding steroid dienone is 7. The summed E-state index contributed by atoms with van der Waals surface area (Å²) in [5, 5.41) is 7.62. The molecule has 2 heterocycles. The van der Waals surface area contributed by atoms with E-state index in [1.807, 2.05) is 81.5 Å². The van der Waals surface area contributed by atoms with Crippen LogP contribution in [0.25, 0.3) is 32.7 Å². The maximum absolute atomic E-state index is 13.9. The highest BCUT2D eigenvalue weighted by molar-refractivity contribution is 7.85. The first-order valence-corrected chi connectivity index (χ1v) is 26.0. The van der Waals surface area contributed by atoms with Crippen LogP contribution >= 0.6 is 0 Å². The molecule has 1 amide bonds. The highest BCUT2D eigenvalue weighted by Crippen LogP contribution is 2.52. The summed E-state index contributed by atoms with van der Waals surface area (Å²) < 4.78 is 75.8. The number of unbranched alkanes of at least 4 members (excludes halogenated alkanes) is 2. The Balaban J connectivity index is 1.28. The Morgan fingerprint density at radius 2 is 1.36 bits per heavy atom. The minimum Gasteiger partial charge on any atom is -0.748 e. The minimum absolute atomic E-state index is 0.231. The molecule has 0 aromatic heterocycles. The van der Waals surface area contributed by atoms with E-state index in [0.717, 1.165) is 77.7 Å². The largest absolute Gasteiger partial charge is 0.748 e. The Bertz CT molecular complexity index is 3210. The Morgan fingerprint density at radius 3 is 2.01 bits per heavy atom. The normalized spacial score (nSPS) is 17.9. The van der Waals surface area contributed by atoms with Crippen LogP contribution in [0.4, 0.5) is 16.2 Å². The number of nitrogens with one attached hydrogen (secondary N) is 1. The van der Waals surface area contributed by atoms with Crippen LogP contribution in [0.3, 0.4) is 0 Å². The fraction of sp³-hybridized carbons (Fsp3) is 0.333. The molecule has 67 heavy (non-hydrogen) atoms. The molecule has 2 N–H and O–H groups in total. The molecule has 1 aliphatic carbocycles. The number of ether oxygens (including phenoxy) is 1. The summed E-state index contributed by atoms with van der Waals surface area (Å²) in [5.41, 5.74) is 8.47. The number of rotatable bonds is 14. The highest BCUT2D eigenvalue weighted by Gasteiger charge is 2.46. The molecule has 0 saturated heterocycles. The number of hydrogen-bond donors (Lipinski definition) is 2. The van der Waals surface area contributed by atoms with E-state index in [2.05, 4.69) is 103 Å². The zero-order chi connectivity index (χ0) is 48.1. The van der Waals surface area contributed by atoms with Gasteiger partial charge in [-0.05, 0) is 116 Å². The molecule has 5 aromatic carbocycles. The second kappa shape index (κ2) is 18.0. The number of alkyl carbamates (subject to hydrolysis) is 1. The van der Waals surface area contributed by atoms with Crippen molar-refractivity contribution in [2.24, 2.45) is 0 Å². The van der Waals surface area contributed by atoms with Gasteiger partial charge in [0, 0.05) is 64.4 Å². The molecule has 11 nitrogen and oxygen atoms in total. The fourth-order valence-corrected chi connectivity index (χ4v) is 11.4. The van der Waals surface area contributed by atoms with Gasteiger partial charge in [-0.1, -0.05) is 98.8 Å². The molecule has 2 aliphatic heterocycles. The third-order valence-corrected chi connectivity index (χ3v) is 14.6. The van der Waals surface area contributed by atoms with E-state index in [9.17, 15) is 30.7 Å². The quantitative estimate of drug-likeness (QED) is 0.0628. The molecule has 13 heteroatoms. The van der Waals surface area contributed by atoms with E-state index in [0.29, 0.717) is 38.0 Å². The summed E-state index contributed by atoms with van der Waals surface area (Å²) in [5.74, 6) is -0.752. The third kappa shape index (κ3) is 9.78. The molecule has 0 fully saturated rings. The van der Waals surface area contributed by atoms with Crippen LogP contribution in [0, 0.1) is 0 Å². The van der Waals surface area contributed by atoms with Gasteiger partial charge in [-0.25, -0.2) is 13.2 Å². The summed E-state index contributed by atoms with van der Waals surface area (Å²) in [4.78, 5) is 16.1. The predicted molar refractivity (Wildman–Crippen MR) is 268 cm³/mol. The average Bonchev–Trinajstić information content (AvgIpc) is 3.75. The van der Waals surface area contributed by atoms with Crippen LogP contribution in [0.15, 0.2) is 133 Å². The lowest BCUT2D eigenvalue weighted by atomic mass is 9.79. The van der Waals surface area contributed by atoms with E-state index in [-0.39, 0.29) is 12.2 Å². The molecule has 0 unspecified atom stereocenters. The molecular formula is C54H59N3O8S2. The number of amides is 1. The van der Waals surface area contributed by atoms with Gasteiger partial charge >= 0.3 is 6.09 Å². The van der Waals surface area contributed by atoms with Gasteiger partial charge in [0.15, 0.2) is 5.71 Å². The SMILES string of the molecule is CC(C)(C)OC(=O)NC1=C(/C=C/C2=[N+](CCCCS(=O)(=O)O)c3ccc4ccccc4c3C2(C)C)c2ccccc2/C1=C\C=C1\N(CCCCS(=O)(=O)[O-])c2ccc3ccccc3c2C1(C)C. The van der Waals surface area contributed by atoms with Crippen LogP contribution in [0.5, 0.6) is 0 Å². The molecule has 8 rings (SSSR count). The van der Waals surface area contributed by atoms with Crippen molar-refractivity contribution in [3.05, 3.63) is 155 Å². The summed E-state index contributed by atoms with van der Waals surface area (Å²) in [7, 11) is -8.48. The van der Waals surface area contributed by atoms with Gasteiger partial charge in [-0.15, -0.1) is 0 Å². The van der Waals surface area contributed by atoms with E-state index in [4.69, 9.17) is 4.74 Å². The van der Waals surface area contributed by atoms with Gasteiger partial charge in [-0.3, -0.25) is 9.87 Å². The first-order chi connectivity index (χ1) is 31.5. The van der Waals surface area contributed by atoms with Crippen molar-refractivity contribution < 1.29 is 40.0 Å². The molecule has 350 valence electrons. The number of carbonyl (C=O) groups is 1. The second-order valence-electron chi connectivity index (χ2n) is 19.7. The number of anilines is 1. The standard InChI is InChI=1S/C54H59N3O8S2/c1-52(2,3)65-51(58)55-50-42(26-30-46-53(4,5)48-38-20-10-8-18-36(38)24-28-44(48)56(46)32-14-16-34-66(59,60)61)40-22-12-13-23-41(40)43(50)27-31-47-54(6,7)49-39-21-11-9-19-37(39)25-29-45(49)57(47)33-15-17-35-67(62,63)64/h8-13,18-31H,14-17,32-35H2,1-7H3,(H2,59,60,61,62,63,64)/b42-26+,46-30+. The van der Waals surface area contributed by atoms with Crippen molar-refractivity contribution >= 4 is 76.1 Å². The Kier molecular flexibility index (Phi) is 12.8. The van der Waals surface area contributed by atoms with E-state index in [1.165, 1.54) is 0 Å². The van der Waals surface area contributed by atoms with Gasteiger partial charge < -0.3 is 14.2 Å². The zero-order valence-electron chi connectivity index (χ0n) is 39.2. The van der Waals surface area contributed by atoms with Crippen molar-refractivity contribution in [1.29, 1.82) is 0 Å². The van der Waals surface area contributed by atoms with Crippen molar-refractivity contribution in [3.8, 4) is 0 Å². The topological polar surface area (TPSA) is 156 Å². The van der Waals surface area contributed by atoms with Crippen LogP contribution in [0.2, 0.25) is 0 Å². The Morgan fingerprint density at radius 1 is 0.746 bits per heavy atom. The lowest BCUT2D eigenvalue weighted by Crippen LogP contribution is -2.32. The molecule has 0 radical (unpaired) electrons. The molecule has 0 saturated carbocycles. The van der Waals surface area contributed by atoms with Crippen LogP contribution in [0.1, 0.15) is 96.4 Å². The molecule has 0 bridgehead atoms. The van der Waals surface area contributed by atoms with Gasteiger partial charge in [0.25, 0.3) is 10.1 Å². The van der Waals surface area contributed by atoms with Gasteiger partial charge in [0.05, 0.1) is 27.0 Å².